The quantitative estimate of drug-likeness (QED) is 0.560. The van der Waals surface area contributed by atoms with Gasteiger partial charge in [-0.15, -0.1) is 16.8 Å². The number of aromatic nitrogens is 2. The fraction of sp³-hybridized carbons (Fsp3) is 0.583. The molecule has 1 amide bonds. The summed E-state index contributed by atoms with van der Waals surface area (Å²) in [6.45, 7) is 5.65. The van der Waals surface area contributed by atoms with Gasteiger partial charge in [-0.25, -0.2) is 0 Å². The van der Waals surface area contributed by atoms with E-state index < -0.39 is 0 Å². The fourth-order valence-electron chi connectivity index (χ4n) is 1.71. The van der Waals surface area contributed by atoms with Gasteiger partial charge in [-0.1, -0.05) is 29.2 Å². The first-order valence-corrected chi connectivity index (χ1v) is 8.27. The van der Waals surface area contributed by atoms with Gasteiger partial charge in [0.05, 0.1) is 11.9 Å². The number of rotatable bonds is 8. The second-order valence-corrected chi connectivity index (χ2v) is 6.47. The van der Waals surface area contributed by atoms with E-state index in [1.807, 2.05) is 0 Å². The summed E-state index contributed by atoms with van der Waals surface area (Å²) in [7, 11) is 0. The predicted octanol–water partition coefficient (Wildman–Crippen LogP) is 1.52. The van der Waals surface area contributed by atoms with Crippen molar-refractivity contribution in [1.29, 1.82) is 0 Å². The third-order valence-electron chi connectivity index (χ3n) is 2.68. The molecule has 110 valence electrons. The van der Waals surface area contributed by atoms with Crippen LogP contribution in [0.4, 0.5) is 5.13 Å². The Hall–Kier alpha value is -1.12. The standard InChI is InChI=1S/C12H18N4O2S2/c1-2-5-13-10(17)8-19-12-16-15-11(20-12)14-7-9-4-3-6-18-9/h2,9H,1,3-8H2,(H,13,17)(H,14,15). The van der Waals surface area contributed by atoms with Crippen molar-refractivity contribution in [3.63, 3.8) is 0 Å². The molecule has 1 unspecified atom stereocenters. The van der Waals surface area contributed by atoms with Gasteiger partial charge in [-0.05, 0) is 12.8 Å². The van der Waals surface area contributed by atoms with Crippen LogP contribution in [0.15, 0.2) is 17.0 Å². The SMILES string of the molecule is C=CCNC(=O)CSc1nnc(NCC2CCCO2)s1. The minimum absolute atomic E-state index is 0.0287. The van der Waals surface area contributed by atoms with Crippen LogP contribution >= 0.6 is 23.1 Å². The first kappa shape index (κ1) is 15.3. The minimum Gasteiger partial charge on any atom is -0.376 e. The summed E-state index contributed by atoms with van der Waals surface area (Å²) >= 11 is 2.84. The smallest absolute Gasteiger partial charge is 0.230 e. The number of hydrogen-bond acceptors (Lipinski definition) is 7. The third-order valence-corrected chi connectivity index (χ3v) is 4.70. The van der Waals surface area contributed by atoms with Crippen LogP contribution in [0.5, 0.6) is 0 Å². The average Bonchev–Trinajstić information content (AvgIpc) is 3.11. The van der Waals surface area contributed by atoms with Crippen LogP contribution in [0.1, 0.15) is 12.8 Å². The number of carbonyl (C=O) groups excluding carboxylic acids is 1. The third kappa shape index (κ3) is 5.10. The van der Waals surface area contributed by atoms with E-state index in [1.54, 1.807) is 6.08 Å². The molecule has 2 heterocycles. The molecule has 1 aromatic rings. The molecule has 0 radical (unpaired) electrons. The van der Waals surface area contributed by atoms with Crippen molar-refractivity contribution in [3.05, 3.63) is 12.7 Å². The van der Waals surface area contributed by atoms with Gasteiger partial charge in [0.25, 0.3) is 0 Å². The van der Waals surface area contributed by atoms with Crippen molar-refractivity contribution in [1.82, 2.24) is 15.5 Å². The van der Waals surface area contributed by atoms with E-state index in [-0.39, 0.29) is 12.0 Å². The zero-order valence-corrected chi connectivity index (χ0v) is 12.8. The van der Waals surface area contributed by atoms with Gasteiger partial charge in [0, 0.05) is 19.7 Å². The number of thioether (sulfide) groups is 1. The van der Waals surface area contributed by atoms with Crippen molar-refractivity contribution < 1.29 is 9.53 Å². The van der Waals surface area contributed by atoms with Crippen LogP contribution in [-0.4, -0.2) is 47.7 Å². The Kier molecular flexibility index (Phi) is 6.28. The fourth-order valence-corrected chi connectivity index (χ4v) is 3.30. The molecule has 1 fully saturated rings. The van der Waals surface area contributed by atoms with Crippen LogP contribution in [-0.2, 0) is 9.53 Å². The van der Waals surface area contributed by atoms with Gasteiger partial charge in [-0.3, -0.25) is 4.79 Å². The van der Waals surface area contributed by atoms with E-state index in [2.05, 4.69) is 27.4 Å². The number of anilines is 1. The number of nitrogens with one attached hydrogen (secondary N) is 2. The molecule has 0 saturated carbocycles. The zero-order chi connectivity index (χ0) is 14.2. The van der Waals surface area contributed by atoms with E-state index in [1.165, 1.54) is 23.1 Å². The molecule has 1 aromatic heterocycles. The highest BCUT2D eigenvalue weighted by Gasteiger charge is 2.16. The molecule has 0 aromatic carbocycles. The lowest BCUT2D eigenvalue weighted by molar-refractivity contribution is -0.118. The number of ether oxygens (including phenoxy) is 1. The van der Waals surface area contributed by atoms with E-state index in [0.717, 1.165) is 35.5 Å². The molecule has 8 heteroatoms. The molecule has 1 saturated heterocycles. The second kappa shape index (κ2) is 8.23. The lowest BCUT2D eigenvalue weighted by atomic mass is 10.2. The lowest BCUT2D eigenvalue weighted by Gasteiger charge is -2.08. The molecule has 0 aliphatic carbocycles. The molecule has 1 atom stereocenters. The maximum absolute atomic E-state index is 11.4. The maximum Gasteiger partial charge on any atom is 0.230 e. The van der Waals surface area contributed by atoms with Gasteiger partial charge in [0.2, 0.25) is 11.0 Å². The van der Waals surface area contributed by atoms with Crippen LogP contribution in [0.2, 0.25) is 0 Å². The van der Waals surface area contributed by atoms with Crippen LogP contribution in [0, 0.1) is 0 Å². The monoisotopic (exact) mass is 314 g/mol. The number of amides is 1. The Morgan fingerprint density at radius 3 is 3.25 bits per heavy atom. The summed E-state index contributed by atoms with van der Waals surface area (Å²) < 4.78 is 6.31. The summed E-state index contributed by atoms with van der Waals surface area (Å²) in [4.78, 5) is 11.4. The molecular weight excluding hydrogens is 296 g/mol. The average molecular weight is 314 g/mol. The van der Waals surface area contributed by atoms with Gasteiger partial charge in [0.15, 0.2) is 4.34 Å². The summed E-state index contributed by atoms with van der Waals surface area (Å²) in [5.74, 6) is 0.313. The molecule has 20 heavy (non-hydrogen) atoms. The van der Waals surface area contributed by atoms with Gasteiger partial charge < -0.3 is 15.4 Å². The van der Waals surface area contributed by atoms with Crippen LogP contribution in [0.25, 0.3) is 0 Å². The van der Waals surface area contributed by atoms with E-state index in [9.17, 15) is 4.79 Å². The predicted molar refractivity (Wildman–Crippen MR) is 81.3 cm³/mol. The number of hydrogen-bond donors (Lipinski definition) is 2. The minimum atomic E-state index is -0.0287. The molecular formula is C12H18N4O2S2. The molecule has 2 rings (SSSR count). The normalized spacial score (nSPS) is 17.9. The summed E-state index contributed by atoms with van der Waals surface area (Å²) in [6, 6.07) is 0. The topological polar surface area (TPSA) is 76.1 Å². The largest absolute Gasteiger partial charge is 0.376 e. The van der Waals surface area contributed by atoms with Gasteiger partial charge in [0.1, 0.15) is 0 Å². The Bertz CT molecular complexity index is 446. The Morgan fingerprint density at radius 1 is 1.60 bits per heavy atom. The van der Waals surface area contributed by atoms with Crippen molar-refractivity contribution >= 4 is 34.1 Å². The molecule has 0 bridgehead atoms. The lowest BCUT2D eigenvalue weighted by Crippen LogP contribution is -2.24. The first-order valence-electron chi connectivity index (χ1n) is 6.47. The Labute approximate surface area is 126 Å². The molecule has 6 nitrogen and oxygen atoms in total. The highest BCUT2D eigenvalue weighted by atomic mass is 32.2. The van der Waals surface area contributed by atoms with Crippen molar-refractivity contribution in [2.45, 2.75) is 23.3 Å². The number of nitrogens with zero attached hydrogens (tertiary/aromatic N) is 2. The summed E-state index contributed by atoms with van der Waals surface area (Å²) in [5, 5.41) is 14.8. The van der Waals surface area contributed by atoms with Gasteiger partial charge in [-0.2, -0.15) is 0 Å². The Balaban J connectivity index is 1.68. The highest BCUT2D eigenvalue weighted by molar-refractivity contribution is 8.01. The number of carbonyl (C=O) groups is 1. The maximum atomic E-state index is 11.4. The molecule has 1 aliphatic rings. The Morgan fingerprint density at radius 2 is 2.50 bits per heavy atom. The zero-order valence-electron chi connectivity index (χ0n) is 11.1. The second-order valence-electron chi connectivity index (χ2n) is 4.27. The summed E-state index contributed by atoms with van der Waals surface area (Å²) in [5.41, 5.74) is 0. The molecule has 0 spiro atoms. The highest BCUT2D eigenvalue weighted by Crippen LogP contribution is 2.25. The van der Waals surface area contributed by atoms with Crippen molar-refractivity contribution in [2.75, 3.05) is 30.8 Å². The molecule has 1 aliphatic heterocycles. The summed E-state index contributed by atoms with van der Waals surface area (Å²) in [6.07, 6.45) is 4.15. The van der Waals surface area contributed by atoms with E-state index in [0.29, 0.717) is 12.3 Å². The van der Waals surface area contributed by atoms with Crippen LogP contribution in [0.3, 0.4) is 0 Å². The molecule has 2 N–H and O–H groups in total. The van der Waals surface area contributed by atoms with Crippen LogP contribution < -0.4 is 10.6 Å². The van der Waals surface area contributed by atoms with Crippen molar-refractivity contribution in [3.8, 4) is 0 Å². The first-order chi connectivity index (χ1) is 9.78. The van der Waals surface area contributed by atoms with E-state index >= 15 is 0 Å². The van der Waals surface area contributed by atoms with Crippen molar-refractivity contribution in [2.24, 2.45) is 0 Å². The van der Waals surface area contributed by atoms with Gasteiger partial charge >= 0.3 is 0 Å². The van der Waals surface area contributed by atoms with E-state index in [4.69, 9.17) is 4.74 Å².